The van der Waals surface area contributed by atoms with Crippen LogP contribution in [0.1, 0.15) is 32.0 Å². The molecular formula is C40H36F5N5O8. The maximum absolute atomic E-state index is 13.5. The average Bonchev–Trinajstić information content (AvgIpc) is 3.52. The minimum absolute atomic E-state index is 0.0912. The molecule has 0 unspecified atom stereocenters. The van der Waals surface area contributed by atoms with Crippen LogP contribution in [0, 0.1) is 0 Å². The quantitative estimate of drug-likeness (QED) is 0.106. The molecule has 304 valence electrons. The number of amides is 2. The molecule has 18 heteroatoms. The Kier molecular flexibility index (Phi) is 13.4. The maximum Gasteiger partial charge on any atom is 0.416 e. The van der Waals surface area contributed by atoms with Gasteiger partial charge in [-0.15, -0.1) is 0 Å². The van der Waals surface area contributed by atoms with Gasteiger partial charge in [0.1, 0.15) is 17.2 Å². The number of piperazine rings is 1. The van der Waals surface area contributed by atoms with Crippen molar-refractivity contribution in [3.05, 3.63) is 126 Å². The van der Waals surface area contributed by atoms with E-state index in [9.17, 15) is 41.1 Å². The van der Waals surface area contributed by atoms with Crippen LogP contribution in [0.3, 0.4) is 0 Å². The van der Waals surface area contributed by atoms with Gasteiger partial charge >= 0.3 is 24.7 Å². The van der Waals surface area contributed by atoms with Gasteiger partial charge in [0, 0.05) is 81.5 Å². The molecule has 1 saturated heterocycles. The second kappa shape index (κ2) is 18.4. The summed E-state index contributed by atoms with van der Waals surface area (Å²) in [5.41, 5.74) is 2.01. The summed E-state index contributed by atoms with van der Waals surface area (Å²) in [5, 5.41) is 16.4. The molecule has 5 aromatic rings. The SMILES string of the molecule is CN(C(=O)c1ccc(C(F)(F)F)cc1)c1ccc(Oc2ccc3c(c2)cc(C(=O)N2CCN(Cc4ccc(OC(F)F)cc4)CC2)n3C)nc1.O=C(O)/C=C\C(=O)O. The molecule has 0 saturated carbocycles. The first-order valence-electron chi connectivity index (χ1n) is 17.4. The first kappa shape index (κ1) is 42.3. The van der Waals surface area contributed by atoms with Gasteiger partial charge in [0.25, 0.3) is 11.8 Å². The molecule has 13 nitrogen and oxygen atoms in total. The van der Waals surface area contributed by atoms with Crippen molar-refractivity contribution in [1.29, 1.82) is 0 Å². The summed E-state index contributed by atoms with van der Waals surface area (Å²) >= 11 is 0. The van der Waals surface area contributed by atoms with Gasteiger partial charge in [-0.1, -0.05) is 12.1 Å². The van der Waals surface area contributed by atoms with E-state index in [0.717, 1.165) is 40.7 Å². The fourth-order valence-electron chi connectivity index (χ4n) is 5.91. The number of aryl methyl sites for hydroxylation is 1. The van der Waals surface area contributed by atoms with Gasteiger partial charge in [-0.2, -0.15) is 22.0 Å². The van der Waals surface area contributed by atoms with E-state index >= 15 is 0 Å². The Hall–Kier alpha value is -6.82. The van der Waals surface area contributed by atoms with E-state index < -0.39 is 36.2 Å². The Labute approximate surface area is 327 Å². The number of nitrogens with zero attached hydrogens (tertiary/aromatic N) is 5. The highest BCUT2D eigenvalue weighted by molar-refractivity contribution is 6.05. The molecule has 1 aliphatic heterocycles. The second-order valence-corrected chi connectivity index (χ2v) is 12.8. The molecule has 3 heterocycles. The molecule has 6 rings (SSSR count). The Balaban J connectivity index is 0.000000725. The molecule has 3 aromatic carbocycles. The molecule has 1 fully saturated rings. The maximum atomic E-state index is 13.5. The minimum Gasteiger partial charge on any atom is -0.478 e. The number of alkyl halides is 5. The van der Waals surface area contributed by atoms with E-state index in [1.807, 2.05) is 28.6 Å². The predicted octanol–water partition coefficient (Wildman–Crippen LogP) is 6.93. The highest BCUT2D eigenvalue weighted by Crippen LogP contribution is 2.31. The van der Waals surface area contributed by atoms with Crippen molar-refractivity contribution in [2.24, 2.45) is 7.05 Å². The fraction of sp³-hybridized carbons (Fsp3) is 0.225. The molecule has 0 bridgehead atoms. The number of aliphatic carboxylic acids is 2. The largest absolute Gasteiger partial charge is 0.478 e. The lowest BCUT2D eigenvalue weighted by Gasteiger charge is -2.34. The number of rotatable bonds is 11. The van der Waals surface area contributed by atoms with E-state index in [4.69, 9.17) is 14.9 Å². The van der Waals surface area contributed by atoms with Gasteiger partial charge in [-0.3, -0.25) is 14.5 Å². The van der Waals surface area contributed by atoms with Crippen LogP contribution in [0.15, 0.2) is 103 Å². The van der Waals surface area contributed by atoms with E-state index in [0.29, 0.717) is 62.0 Å². The number of aromatic nitrogens is 2. The minimum atomic E-state index is -4.49. The van der Waals surface area contributed by atoms with Crippen LogP contribution in [0.25, 0.3) is 10.9 Å². The molecule has 0 spiro atoms. The van der Waals surface area contributed by atoms with Crippen LogP contribution in [0.2, 0.25) is 0 Å². The van der Waals surface area contributed by atoms with Crippen LogP contribution in [0.4, 0.5) is 27.6 Å². The number of carboxylic acids is 2. The topological polar surface area (TPSA) is 155 Å². The molecule has 2 N–H and O–H groups in total. The Morgan fingerprint density at radius 1 is 0.845 bits per heavy atom. The zero-order valence-electron chi connectivity index (χ0n) is 30.9. The van der Waals surface area contributed by atoms with Crippen molar-refractivity contribution in [2.45, 2.75) is 19.3 Å². The number of halogens is 5. The van der Waals surface area contributed by atoms with Crippen molar-refractivity contribution in [3.63, 3.8) is 0 Å². The summed E-state index contributed by atoms with van der Waals surface area (Å²) in [6.07, 6.45) is -1.95. The molecule has 2 amide bonds. The highest BCUT2D eigenvalue weighted by Gasteiger charge is 2.30. The highest BCUT2D eigenvalue weighted by atomic mass is 19.4. The molecule has 1 aliphatic rings. The van der Waals surface area contributed by atoms with Gasteiger partial charge in [0.15, 0.2) is 0 Å². The van der Waals surface area contributed by atoms with Crippen molar-refractivity contribution >= 4 is 40.3 Å². The number of pyridine rings is 1. The summed E-state index contributed by atoms with van der Waals surface area (Å²) in [4.78, 5) is 55.1. The van der Waals surface area contributed by atoms with Crippen LogP contribution in [-0.2, 0) is 29.4 Å². The van der Waals surface area contributed by atoms with E-state index in [-0.39, 0.29) is 23.1 Å². The lowest BCUT2D eigenvalue weighted by atomic mass is 10.1. The summed E-state index contributed by atoms with van der Waals surface area (Å²) < 4.78 is 75.7. The van der Waals surface area contributed by atoms with Crippen LogP contribution in [0.5, 0.6) is 17.4 Å². The van der Waals surface area contributed by atoms with Crippen molar-refractivity contribution in [2.75, 3.05) is 38.1 Å². The first-order chi connectivity index (χ1) is 27.5. The third-order valence-electron chi connectivity index (χ3n) is 8.91. The van der Waals surface area contributed by atoms with Crippen molar-refractivity contribution < 1.29 is 60.8 Å². The number of fused-ring (bicyclic) bond motifs is 1. The molecule has 2 aromatic heterocycles. The number of carbonyl (C=O) groups excluding carboxylic acids is 2. The lowest BCUT2D eigenvalue weighted by Crippen LogP contribution is -2.48. The zero-order chi connectivity index (χ0) is 42.1. The average molecular weight is 810 g/mol. The van der Waals surface area contributed by atoms with Gasteiger partial charge < -0.3 is 34.1 Å². The standard InChI is InChI=1S/C36H32F5N5O4.C4H4O4/c1-43(33(47)24-5-7-26(8-6-24)36(39,40)41)27-9-14-32(42-21-27)49-29-12-13-30-25(19-29)20-31(44(30)2)34(48)46-17-15-45(16-18-46)22-23-3-10-28(11-4-23)50-35(37)38;5-3(6)1-2-4(7)8/h3-14,19-21,35H,15-18,22H2,1-2H3;1-2H,(H,5,6)(H,7,8)/b;2-1-. The number of ether oxygens (including phenoxy) is 2. The Morgan fingerprint density at radius 3 is 2.02 bits per heavy atom. The van der Waals surface area contributed by atoms with Gasteiger partial charge in [-0.25, -0.2) is 14.6 Å². The van der Waals surface area contributed by atoms with Gasteiger partial charge in [-0.05, 0) is 72.3 Å². The van der Waals surface area contributed by atoms with E-state index in [1.165, 1.54) is 30.3 Å². The normalized spacial score (nSPS) is 13.3. The molecular weight excluding hydrogens is 773 g/mol. The molecule has 58 heavy (non-hydrogen) atoms. The number of carbonyl (C=O) groups is 4. The fourth-order valence-corrected chi connectivity index (χ4v) is 5.91. The molecule has 0 radical (unpaired) electrons. The van der Waals surface area contributed by atoms with Crippen LogP contribution < -0.4 is 14.4 Å². The first-order valence-corrected chi connectivity index (χ1v) is 17.4. The third kappa shape index (κ3) is 11.2. The predicted molar refractivity (Wildman–Crippen MR) is 200 cm³/mol. The summed E-state index contributed by atoms with van der Waals surface area (Å²) in [5.74, 6) is -2.25. The van der Waals surface area contributed by atoms with Crippen LogP contribution >= 0.6 is 0 Å². The smallest absolute Gasteiger partial charge is 0.416 e. The monoisotopic (exact) mass is 809 g/mol. The summed E-state index contributed by atoms with van der Waals surface area (Å²) in [6, 6.07) is 21.0. The van der Waals surface area contributed by atoms with E-state index in [2.05, 4.69) is 14.6 Å². The van der Waals surface area contributed by atoms with Gasteiger partial charge in [0.05, 0.1) is 17.4 Å². The number of benzene rings is 3. The zero-order valence-corrected chi connectivity index (χ0v) is 30.9. The van der Waals surface area contributed by atoms with Gasteiger partial charge in [0.2, 0.25) is 5.88 Å². The number of hydrogen-bond acceptors (Lipinski definition) is 8. The van der Waals surface area contributed by atoms with Crippen molar-refractivity contribution in [3.8, 4) is 17.4 Å². The van der Waals surface area contributed by atoms with Crippen LogP contribution in [-0.4, -0.2) is 93.2 Å². The number of hydrogen-bond donors (Lipinski definition) is 2. The molecule has 0 aliphatic carbocycles. The lowest BCUT2D eigenvalue weighted by molar-refractivity contribution is -0.137. The Morgan fingerprint density at radius 2 is 1.47 bits per heavy atom. The third-order valence-corrected chi connectivity index (χ3v) is 8.91. The van der Waals surface area contributed by atoms with E-state index in [1.54, 1.807) is 36.4 Å². The Bertz CT molecular complexity index is 2250. The summed E-state index contributed by atoms with van der Waals surface area (Å²) in [7, 11) is 3.33. The molecule has 0 atom stereocenters. The summed E-state index contributed by atoms with van der Waals surface area (Å²) in [6.45, 7) is 0.154. The number of carboxylic acid groups (broad SMARTS) is 2. The van der Waals surface area contributed by atoms with Crippen molar-refractivity contribution in [1.82, 2.24) is 19.4 Å². The second-order valence-electron chi connectivity index (χ2n) is 12.8. The number of anilines is 1.